The van der Waals surface area contributed by atoms with Gasteiger partial charge in [0.25, 0.3) is 5.91 Å². The first-order valence-corrected chi connectivity index (χ1v) is 7.19. The molecule has 0 aliphatic rings. The van der Waals surface area contributed by atoms with Gasteiger partial charge >= 0.3 is 6.09 Å². The van der Waals surface area contributed by atoms with E-state index in [0.29, 0.717) is 16.9 Å². The van der Waals surface area contributed by atoms with Crippen molar-refractivity contribution in [1.29, 1.82) is 0 Å². The first-order chi connectivity index (χ1) is 10.7. The summed E-state index contributed by atoms with van der Waals surface area (Å²) in [7, 11) is 0. The monoisotopic (exact) mass is 316 g/mol. The molecule has 0 atom stereocenters. The maximum absolute atomic E-state index is 12.1. The number of carbonyl (C=O) groups is 2. The summed E-state index contributed by atoms with van der Waals surface area (Å²) >= 11 is 0. The van der Waals surface area contributed by atoms with Crippen molar-refractivity contribution in [2.75, 3.05) is 10.6 Å². The van der Waals surface area contributed by atoms with Crippen LogP contribution in [0.15, 0.2) is 41.2 Å². The highest BCUT2D eigenvalue weighted by Gasteiger charge is 2.16. The van der Waals surface area contributed by atoms with Crippen LogP contribution in [-0.2, 0) is 4.74 Å². The van der Waals surface area contributed by atoms with Crippen molar-refractivity contribution in [3.63, 3.8) is 0 Å². The molecule has 2 N–H and O–H groups in total. The molecule has 2 aromatic rings. The molecule has 1 heterocycles. The summed E-state index contributed by atoms with van der Waals surface area (Å²) in [5.74, 6) is -0.281. The molecule has 0 aliphatic carbocycles. The number of aryl methyl sites for hydroxylation is 1. The molecule has 2 rings (SSSR count). The third-order valence-corrected chi connectivity index (χ3v) is 2.91. The summed E-state index contributed by atoms with van der Waals surface area (Å²) in [6, 6.07) is 6.80. The van der Waals surface area contributed by atoms with Gasteiger partial charge in [0.05, 0.1) is 11.8 Å². The molecule has 6 heteroatoms. The fourth-order valence-corrected chi connectivity index (χ4v) is 1.84. The van der Waals surface area contributed by atoms with Gasteiger partial charge in [0.1, 0.15) is 11.9 Å². The molecule has 122 valence electrons. The number of nitrogens with one attached hydrogen (secondary N) is 2. The summed E-state index contributed by atoms with van der Waals surface area (Å²) in [4.78, 5) is 23.9. The highest BCUT2D eigenvalue weighted by atomic mass is 16.6. The van der Waals surface area contributed by atoms with Gasteiger partial charge in [-0.25, -0.2) is 4.79 Å². The Morgan fingerprint density at radius 3 is 2.48 bits per heavy atom. The Bertz CT molecular complexity index is 700. The number of ether oxygens (including phenoxy) is 1. The van der Waals surface area contributed by atoms with Gasteiger partial charge < -0.3 is 14.5 Å². The van der Waals surface area contributed by atoms with Gasteiger partial charge in [-0.05, 0) is 51.5 Å². The molecular formula is C17H20N2O4. The summed E-state index contributed by atoms with van der Waals surface area (Å²) in [5, 5.41) is 5.43. The van der Waals surface area contributed by atoms with E-state index in [1.54, 1.807) is 45.0 Å². The molecule has 0 unspecified atom stereocenters. The maximum atomic E-state index is 12.1. The number of rotatable bonds is 3. The third kappa shape index (κ3) is 4.88. The predicted molar refractivity (Wildman–Crippen MR) is 87.7 cm³/mol. The van der Waals surface area contributed by atoms with Crippen LogP contribution in [0.5, 0.6) is 0 Å². The average molecular weight is 316 g/mol. The van der Waals surface area contributed by atoms with E-state index >= 15 is 0 Å². The van der Waals surface area contributed by atoms with Crippen LogP contribution in [0.2, 0.25) is 0 Å². The lowest BCUT2D eigenvalue weighted by atomic mass is 10.1. The zero-order chi connectivity index (χ0) is 17.0. The Hall–Kier alpha value is -2.76. The molecular weight excluding hydrogens is 296 g/mol. The van der Waals surface area contributed by atoms with E-state index in [2.05, 4.69) is 10.6 Å². The Balaban J connectivity index is 2.10. The topological polar surface area (TPSA) is 80.6 Å². The molecule has 1 aromatic heterocycles. The van der Waals surface area contributed by atoms with Crippen LogP contribution < -0.4 is 10.6 Å². The second-order valence-corrected chi connectivity index (χ2v) is 6.12. The van der Waals surface area contributed by atoms with Crippen molar-refractivity contribution in [2.45, 2.75) is 33.3 Å². The molecule has 23 heavy (non-hydrogen) atoms. The van der Waals surface area contributed by atoms with Crippen LogP contribution in [0.25, 0.3) is 0 Å². The van der Waals surface area contributed by atoms with Gasteiger partial charge in [-0.2, -0.15) is 0 Å². The normalized spacial score (nSPS) is 11.0. The van der Waals surface area contributed by atoms with Gasteiger partial charge in [0, 0.05) is 11.4 Å². The zero-order valence-corrected chi connectivity index (χ0v) is 13.6. The smallest absolute Gasteiger partial charge is 0.412 e. The largest absolute Gasteiger partial charge is 0.472 e. The fourth-order valence-electron chi connectivity index (χ4n) is 1.84. The van der Waals surface area contributed by atoms with Crippen LogP contribution in [-0.4, -0.2) is 17.6 Å². The lowest BCUT2D eigenvalue weighted by Crippen LogP contribution is -2.27. The number of amides is 2. The third-order valence-electron chi connectivity index (χ3n) is 2.91. The number of anilines is 2. The van der Waals surface area contributed by atoms with E-state index in [0.717, 1.165) is 5.56 Å². The molecule has 1 aromatic carbocycles. The molecule has 0 radical (unpaired) electrons. The van der Waals surface area contributed by atoms with E-state index < -0.39 is 11.7 Å². The fraction of sp³-hybridized carbons (Fsp3) is 0.294. The van der Waals surface area contributed by atoms with Crippen molar-refractivity contribution < 1.29 is 18.7 Å². The average Bonchev–Trinajstić information content (AvgIpc) is 2.94. The van der Waals surface area contributed by atoms with E-state index in [4.69, 9.17) is 9.15 Å². The standard InChI is InChI=1S/C17H20N2O4/c1-11-5-6-13(18-16(21)23-17(2,3)4)9-14(11)19-15(20)12-7-8-22-10-12/h5-10H,1-4H3,(H,18,21)(H,19,20). The van der Waals surface area contributed by atoms with Crippen molar-refractivity contribution in [3.8, 4) is 0 Å². The van der Waals surface area contributed by atoms with Crippen molar-refractivity contribution >= 4 is 23.4 Å². The van der Waals surface area contributed by atoms with E-state index in [1.807, 2.05) is 6.92 Å². The molecule has 0 fully saturated rings. The van der Waals surface area contributed by atoms with Gasteiger partial charge in [-0.3, -0.25) is 10.1 Å². The van der Waals surface area contributed by atoms with Crippen LogP contribution >= 0.6 is 0 Å². The van der Waals surface area contributed by atoms with Crippen LogP contribution in [0, 0.1) is 6.92 Å². The second kappa shape index (κ2) is 6.56. The highest BCUT2D eigenvalue weighted by Crippen LogP contribution is 2.22. The zero-order valence-electron chi connectivity index (χ0n) is 13.6. The van der Waals surface area contributed by atoms with Crippen LogP contribution in [0.3, 0.4) is 0 Å². The minimum absolute atomic E-state index is 0.281. The van der Waals surface area contributed by atoms with Crippen LogP contribution in [0.1, 0.15) is 36.7 Å². The Morgan fingerprint density at radius 1 is 1.13 bits per heavy atom. The first-order valence-electron chi connectivity index (χ1n) is 7.19. The lowest BCUT2D eigenvalue weighted by molar-refractivity contribution is 0.0636. The molecule has 0 aliphatic heterocycles. The first kappa shape index (κ1) is 16.6. The Labute approximate surface area is 134 Å². The highest BCUT2D eigenvalue weighted by molar-refractivity contribution is 6.04. The Kier molecular flexibility index (Phi) is 4.74. The second-order valence-electron chi connectivity index (χ2n) is 6.12. The van der Waals surface area contributed by atoms with E-state index in [-0.39, 0.29) is 5.91 Å². The number of hydrogen-bond acceptors (Lipinski definition) is 4. The maximum Gasteiger partial charge on any atom is 0.412 e. The van der Waals surface area contributed by atoms with Crippen LogP contribution in [0.4, 0.5) is 16.2 Å². The molecule has 2 amide bonds. The summed E-state index contributed by atoms with van der Waals surface area (Å²) < 4.78 is 10.1. The summed E-state index contributed by atoms with van der Waals surface area (Å²) in [6.07, 6.45) is 2.25. The van der Waals surface area contributed by atoms with Crippen molar-refractivity contribution in [2.24, 2.45) is 0 Å². The lowest BCUT2D eigenvalue weighted by Gasteiger charge is -2.20. The number of carbonyl (C=O) groups excluding carboxylic acids is 2. The van der Waals surface area contributed by atoms with Gasteiger partial charge in [0.2, 0.25) is 0 Å². The minimum atomic E-state index is -0.576. The molecule has 0 saturated carbocycles. The number of furan rings is 1. The SMILES string of the molecule is Cc1ccc(NC(=O)OC(C)(C)C)cc1NC(=O)c1ccoc1. The minimum Gasteiger partial charge on any atom is -0.472 e. The number of benzene rings is 1. The number of hydrogen-bond donors (Lipinski definition) is 2. The van der Waals surface area contributed by atoms with Gasteiger partial charge in [0.15, 0.2) is 0 Å². The molecule has 6 nitrogen and oxygen atoms in total. The van der Waals surface area contributed by atoms with Crippen molar-refractivity contribution in [3.05, 3.63) is 47.9 Å². The predicted octanol–water partition coefficient (Wildman–Crippen LogP) is 4.19. The van der Waals surface area contributed by atoms with Gasteiger partial charge in [-0.15, -0.1) is 0 Å². The quantitative estimate of drug-likeness (QED) is 0.889. The molecule has 0 saturated heterocycles. The van der Waals surface area contributed by atoms with E-state index in [1.165, 1.54) is 12.5 Å². The van der Waals surface area contributed by atoms with Gasteiger partial charge in [-0.1, -0.05) is 6.07 Å². The molecule has 0 bridgehead atoms. The summed E-state index contributed by atoms with van der Waals surface area (Å²) in [6.45, 7) is 7.23. The Morgan fingerprint density at radius 2 is 1.87 bits per heavy atom. The van der Waals surface area contributed by atoms with E-state index in [9.17, 15) is 9.59 Å². The van der Waals surface area contributed by atoms with Crippen molar-refractivity contribution in [1.82, 2.24) is 0 Å². The summed E-state index contributed by atoms with van der Waals surface area (Å²) in [5.41, 5.74) is 1.86. The molecule has 0 spiro atoms.